The maximum Gasteiger partial charge on any atom is 0.0981 e. The molecule has 0 unspecified atom stereocenters. The van der Waals surface area contributed by atoms with E-state index >= 15 is 0 Å². The van der Waals surface area contributed by atoms with Gasteiger partial charge in [-0.25, -0.2) is 0 Å². The van der Waals surface area contributed by atoms with Crippen molar-refractivity contribution >= 4 is 0 Å². The lowest BCUT2D eigenvalue weighted by molar-refractivity contribution is 0.0511. The molecule has 0 spiro atoms. The SMILES string of the molecule is CCC=CO[C@@H]1CCC[C@@H]([C@H]2CC[C@H](CCC)CC2)C1. The second kappa shape index (κ2) is 8.74. The monoisotopic (exact) mass is 278 g/mol. The highest BCUT2D eigenvalue weighted by Crippen LogP contribution is 2.41. The van der Waals surface area contributed by atoms with Gasteiger partial charge in [-0.15, -0.1) is 0 Å². The van der Waals surface area contributed by atoms with Crippen LogP contribution in [0.15, 0.2) is 12.3 Å². The molecule has 1 heteroatoms. The van der Waals surface area contributed by atoms with Crippen molar-refractivity contribution in [2.45, 2.75) is 90.6 Å². The molecule has 0 radical (unpaired) electrons. The van der Waals surface area contributed by atoms with Crippen LogP contribution in [0.5, 0.6) is 0 Å². The van der Waals surface area contributed by atoms with Crippen molar-refractivity contribution in [3.8, 4) is 0 Å². The van der Waals surface area contributed by atoms with Crippen LogP contribution in [-0.4, -0.2) is 6.10 Å². The maximum absolute atomic E-state index is 5.92. The van der Waals surface area contributed by atoms with Gasteiger partial charge in [-0.2, -0.15) is 0 Å². The quantitative estimate of drug-likeness (QED) is 0.534. The summed E-state index contributed by atoms with van der Waals surface area (Å²) in [7, 11) is 0. The fourth-order valence-electron chi connectivity index (χ4n) is 4.35. The highest BCUT2D eigenvalue weighted by molar-refractivity contribution is 4.84. The van der Waals surface area contributed by atoms with Crippen LogP contribution in [0.25, 0.3) is 0 Å². The molecule has 2 atom stereocenters. The Morgan fingerprint density at radius 2 is 1.75 bits per heavy atom. The highest BCUT2D eigenvalue weighted by atomic mass is 16.5. The molecule has 0 aromatic carbocycles. The first-order valence-corrected chi connectivity index (χ1v) is 9.13. The van der Waals surface area contributed by atoms with Crippen molar-refractivity contribution in [2.24, 2.45) is 17.8 Å². The van der Waals surface area contributed by atoms with E-state index in [-0.39, 0.29) is 0 Å². The van der Waals surface area contributed by atoms with Crippen LogP contribution < -0.4 is 0 Å². The van der Waals surface area contributed by atoms with Crippen LogP contribution in [0.3, 0.4) is 0 Å². The van der Waals surface area contributed by atoms with Crippen LogP contribution in [-0.2, 0) is 4.74 Å². The van der Waals surface area contributed by atoms with Crippen LogP contribution >= 0.6 is 0 Å². The maximum atomic E-state index is 5.92. The van der Waals surface area contributed by atoms with E-state index in [1.807, 2.05) is 6.26 Å². The van der Waals surface area contributed by atoms with Crippen LogP contribution in [0, 0.1) is 17.8 Å². The summed E-state index contributed by atoms with van der Waals surface area (Å²) in [6.07, 6.45) is 19.9. The second-order valence-corrected chi connectivity index (χ2v) is 7.03. The molecule has 116 valence electrons. The molecule has 0 amide bonds. The Bertz CT molecular complexity index is 275. The molecular weight excluding hydrogens is 244 g/mol. The Kier molecular flexibility index (Phi) is 6.96. The third-order valence-corrected chi connectivity index (χ3v) is 5.52. The molecule has 0 heterocycles. The van der Waals surface area contributed by atoms with Crippen LogP contribution in [0.1, 0.15) is 84.5 Å². The Morgan fingerprint density at radius 1 is 0.950 bits per heavy atom. The van der Waals surface area contributed by atoms with Gasteiger partial charge >= 0.3 is 0 Å². The lowest BCUT2D eigenvalue weighted by Crippen LogP contribution is -2.29. The summed E-state index contributed by atoms with van der Waals surface area (Å²) in [6, 6.07) is 0. The molecule has 0 aromatic heterocycles. The van der Waals surface area contributed by atoms with Gasteiger partial charge in [0.15, 0.2) is 0 Å². The van der Waals surface area contributed by atoms with Gasteiger partial charge in [-0.05, 0) is 62.7 Å². The van der Waals surface area contributed by atoms with Gasteiger partial charge in [0.1, 0.15) is 0 Å². The van der Waals surface area contributed by atoms with E-state index in [9.17, 15) is 0 Å². The predicted octanol–water partition coefficient (Wildman–Crippen LogP) is 6.09. The Morgan fingerprint density at radius 3 is 2.45 bits per heavy atom. The van der Waals surface area contributed by atoms with Gasteiger partial charge < -0.3 is 4.74 Å². The molecule has 0 saturated heterocycles. The first-order valence-electron chi connectivity index (χ1n) is 9.13. The Labute approximate surface area is 126 Å². The zero-order valence-corrected chi connectivity index (χ0v) is 13.7. The summed E-state index contributed by atoms with van der Waals surface area (Å²) in [5, 5.41) is 0. The minimum atomic E-state index is 0.505. The van der Waals surface area contributed by atoms with Crippen molar-refractivity contribution in [1.29, 1.82) is 0 Å². The van der Waals surface area contributed by atoms with Gasteiger partial charge in [0.05, 0.1) is 12.4 Å². The summed E-state index contributed by atoms with van der Waals surface area (Å²) >= 11 is 0. The average Bonchev–Trinajstić information content (AvgIpc) is 2.49. The second-order valence-electron chi connectivity index (χ2n) is 7.03. The molecule has 1 nitrogen and oxygen atoms in total. The Balaban J connectivity index is 1.74. The summed E-state index contributed by atoms with van der Waals surface area (Å²) in [5.41, 5.74) is 0. The highest BCUT2D eigenvalue weighted by Gasteiger charge is 2.31. The molecular formula is C19H34O. The molecule has 0 bridgehead atoms. The van der Waals surface area contributed by atoms with Gasteiger partial charge in [0.25, 0.3) is 0 Å². The predicted molar refractivity (Wildman–Crippen MR) is 86.6 cm³/mol. The largest absolute Gasteiger partial charge is 0.498 e. The molecule has 2 aliphatic rings. The lowest BCUT2D eigenvalue weighted by Gasteiger charge is -2.38. The zero-order chi connectivity index (χ0) is 14.2. The van der Waals surface area contributed by atoms with E-state index in [1.165, 1.54) is 64.2 Å². The minimum absolute atomic E-state index is 0.505. The lowest BCUT2D eigenvalue weighted by atomic mass is 9.70. The summed E-state index contributed by atoms with van der Waals surface area (Å²) in [5.74, 6) is 3.00. The fourth-order valence-corrected chi connectivity index (χ4v) is 4.35. The van der Waals surface area contributed by atoms with Crippen molar-refractivity contribution in [2.75, 3.05) is 0 Å². The zero-order valence-electron chi connectivity index (χ0n) is 13.7. The number of allylic oxidation sites excluding steroid dienone is 1. The minimum Gasteiger partial charge on any atom is -0.498 e. The summed E-state index contributed by atoms with van der Waals surface area (Å²) in [4.78, 5) is 0. The molecule has 2 fully saturated rings. The third-order valence-electron chi connectivity index (χ3n) is 5.52. The van der Waals surface area contributed by atoms with Crippen molar-refractivity contribution < 1.29 is 4.74 Å². The number of hydrogen-bond acceptors (Lipinski definition) is 1. The molecule has 2 saturated carbocycles. The Hall–Kier alpha value is -0.460. The number of hydrogen-bond donors (Lipinski definition) is 0. The third kappa shape index (κ3) is 4.82. The van der Waals surface area contributed by atoms with E-state index in [0.29, 0.717) is 6.10 Å². The summed E-state index contributed by atoms with van der Waals surface area (Å²) < 4.78 is 5.92. The van der Waals surface area contributed by atoms with Gasteiger partial charge in [-0.3, -0.25) is 0 Å². The standard InChI is InChI=1S/C19H34O/c1-3-5-14-20-19-9-6-8-18(15-19)17-12-10-16(7-4-2)11-13-17/h5,14,16-19H,3-4,6-13,15H2,1-2H3/t16-,17-,18-,19-/m1/s1. The fraction of sp³-hybridized carbons (Fsp3) is 0.895. The average molecular weight is 278 g/mol. The smallest absolute Gasteiger partial charge is 0.0981 e. The van der Waals surface area contributed by atoms with Crippen molar-refractivity contribution in [3.05, 3.63) is 12.3 Å². The van der Waals surface area contributed by atoms with E-state index in [1.54, 1.807) is 0 Å². The van der Waals surface area contributed by atoms with E-state index in [0.717, 1.165) is 24.2 Å². The normalized spacial score (nSPS) is 35.3. The topological polar surface area (TPSA) is 9.23 Å². The van der Waals surface area contributed by atoms with Crippen molar-refractivity contribution in [1.82, 2.24) is 0 Å². The van der Waals surface area contributed by atoms with E-state index in [4.69, 9.17) is 4.74 Å². The van der Waals surface area contributed by atoms with Gasteiger partial charge in [0, 0.05) is 0 Å². The van der Waals surface area contributed by atoms with E-state index < -0.39 is 0 Å². The van der Waals surface area contributed by atoms with Crippen LogP contribution in [0.4, 0.5) is 0 Å². The molecule has 0 aromatic rings. The van der Waals surface area contributed by atoms with E-state index in [2.05, 4.69) is 19.9 Å². The number of ether oxygens (including phenoxy) is 1. The molecule has 20 heavy (non-hydrogen) atoms. The molecule has 0 aliphatic heterocycles. The van der Waals surface area contributed by atoms with Gasteiger partial charge in [-0.1, -0.05) is 45.6 Å². The number of rotatable bonds is 6. The van der Waals surface area contributed by atoms with Gasteiger partial charge in [0.2, 0.25) is 0 Å². The first kappa shape index (κ1) is 15.9. The first-order chi connectivity index (χ1) is 9.83. The van der Waals surface area contributed by atoms with Crippen molar-refractivity contribution in [3.63, 3.8) is 0 Å². The molecule has 2 rings (SSSR count). The van der Waals surface area contributed by atoms with Crippen LogP contribution in [0.2, 0.25) is 0 Å². The molecule has 0 N–H and O–H groups in total. The summed E-state index contributed by atoms with van der Waals surface area (Å²) in [6.45, 7) is 4.50. The molecule has 2 aliphatic carbocycles.